The number of halogens is 4. The molecule has 1 atom stereocenters. The van der Waals surface area contributed by atoms with Crippen molar-refractivity contribution in [3.8, 4) is 0 Å². The summed E-state index contributed by atoms with van der Waals surface area (Å²) in [7, 11) is 0. The molecule has 0 spiro atoms. The van der Waals surface area contributed by atoms with E-state index in [9.17, 15) is 22.8 Å². The summed E-state index contributed by atoms with van der Waals surface area (Å²) in [5.74, 6) is -1.05. The summed E-state index contributed by atoms with van der Waals surface area (Å²) in [6.07, 6.45) is -5.00. The lowest BCUT2D eigenvalue weighted by molar-refractivity contribution is -0.137. The number of nitrogens with one attached hydrogen (secondary N) is 1. The van der Waals surface area contributed by atoms with Gasteiger partial charge in [0, 0.05) is 18.0 Å². The van der Waals surface area contributed by atoms with Gasteiger partial charge in [-0.25, -0.2) is 4.98 Å². The Morgan fingerprint density at radius 3 is 2.73 bits per heavy atom. The van der Waals surface area contributed by atoms with Crippen molar-refractivity contribution in [2.24, 2.45) is 4.99 Å². The Balaban J connectivity index is 1.51. The highest BCUT2D eigenvalue weighted by atomic mass is 35.5. The summed E-state index contributed by atoms with van der Waals surface area (Å²) in [6, 6.07) is 10.6. The van der Waals surface area contributed by atoms with Crippen LogP contribution >= 0.6 is 34.7 Å². The number of amidine groups is 1. The van der Waals surface area contributed by atoms with Crippen LogP contribution < -0.4 is 5.32 Å². The summed E-state index contributed by atoms with van der Waals surface area (Å²) in [4.78, 5) is 35.7. The quantitative estimate of drug-likeness (QED) is 0.458. The van der Waals surface area contributed by atoms with Crippen LogP contribution in [0.15, 0.2) is 47.5 Å². The Labute approximate surface area is 199 Å². The van der Waals surface area contributed by atoms with Gasteiger partial charge in [0.2, 0.25) is 16.9 Å². The predicted octanol–water partition coefficient (Wildman–Crippen LogP) is 5.95. The summed E-state index contributed by atoms with van der Waals surface area (Å²) in [6.45, 7) is 2.11. The van der Waals surface area contributed by atoms with E-state index in [2.05, 4.69) is 15.3 Å². The number of thiazole rings is 1. The van der Waals surface area contributed by atoms with Crippen LogP contribution in [0.1, 0.15) is 18.9 Å². The highest BCUT2D eigenvalue weighted by Gasteiger charge is 2.39. The van der Waals surface area contributed by atoms with Crippen molar-refractivity contribution in [3.05, 3.63) is 53.1 Å². The molecular weight excluding hydrogens is 497 g/mol. The number of amides is 2. The van der Waals surface area contributed by atoms with Gasteiger partial charge in [-0.1, -0.05) is 46.8 Å². The van der Waals surface area contributed by atoms with E-state index in [0.717, 1.165) is 34.1 Å². The second kappa shape index (κ2) is 9.32. The number of carbonyl (C=O) groups is 2. The number of para-hydroxylation sites is 1. The van der Waals surface area contributed by atoms with Crippen LogP contribution in [0.3, 0.4) is 0 Å². The van der Waals surface area contributed by atoms with E-state index < -0.39 is 28.6 Å². The normalized spacial score (nSPS) is 17.8. The van der Waals surface area contributed by atoms with Crippen LogP contribution in [0.25, 0.3) is 10.2 Å². The van der Waals surface area contributed by atoms with Crippen LogP contribution in [-0.4, -0.2) is 38.7 Å². The highest BCUT2D eigenvalue weighted by Crippen LogP contribution is 2.37. The van der Waals surface area contributed by atoms with E-state index in [1.807, 2.05) is 24.3 Å². The van der Waals surface area contributed by atoms with E-state index in [1.165, 1.54) is 22.3 Å². The average molecular weight is 513 g/mol. The first-order valence-electron chi connectivity index (χ1n) is 9.74. The number of hydrogen-bond acceptors (Lipinski definition) is 6. The summed E-state index contributed by atoms with van der Waals surface area (Å²) >= 11 is 8.14. The minimum atomic E-state index is -4.69. The van der Waals surface area contributed by atoms with Crippen LogP contribution in [0.5, 0.6) is 0 Å². The van der Waals surface area contributed by atoms with Crippen molar-refractivity contribution in [3.63, 3.8) is 0 Å². The molecule has 33 heavy (non-hydrogen) atoms. The van der Waals surface area contributed by atoms with Crippen LogP contribution in [0.2, 0.25) is 5.02 Å². The van der Waals surface area contributed by atoms with E-state index in [1.54, 1.807) is 6.92 Å². The average Bonchev–Trinajstić information content (AvgIpc) is 3.28. The molecule has 12 heteroatoms. The van der Waals surface area contributed by atoms with Gasteiger partial charge in [0.15, 0.2) is 5.17 Å². The van der Waals surface area contributed by atoms with Crippen LogP contribution in [0.4, 0.5) is 24.0 Å². The Morgan fingerprint density at radius 1 is 1.27 bits per heavy atom. The summed E-state index contributed by atoms with van der Waals surface area (Å²) in [5.41, 5.74) is -0.677. The molecule has 1 N–H and O–H groups in total. The smallest absolute Gasteiger partial charge is 0.325 e. The Kier molecular flexibility index (Phi) is 6.64. The number of aromatic nitrogens is 1. The van der Waals surface area contributed by atoms with Gasteiger partial charge in [0.05, 0.1) is 21.5 Å². The summed E-state index contributed by atoms with van der Waals surface area (Å²) < 4.78 is 40.8. The molecule has 2 heterocycles. The van der Waals surface area contributed by atoms with Crippen molar-refractivity contribution in [1.29, 1.82) is 0 Å². The molecule has 0 aliphatic carbocycles. The Bertz CT molecular complexity index is 1230. The third-order valence-electron chi connectivity index (χ3n) is 4.74. The van der Waals surface area contributed by atoms with Gasteiger partial charge in [-0.15, -0.1) is 0 Å². The van der Waals surface area contributed by atoms with Gasteiger partial charge < -0.3 is 5.32 Å². The Morgan fingerprint density at radius 2 is 2.03 bits per heavy atom. The Hall–Kier alpha value is -2.63. The number of thioether (sulfide) groups is 1. The monoisotopic (exact) mass is 512 g/mol. The zero-order valence-electron chi connectivity index (χ0n) is 17.0. The third kappa shape index (κ3) is 5.15. The first-order valence-corrected chi connectivity index (χ1v) is 11.8. The minimum absolute atomic E-state index is 0.101. The lowest BCUT2D eigenvalue weighted by Crippen LogP contribution is -2.33. The fourth-order valence-electron chi connectivity index (χ4n) is 3.24. The lowest BCUT2D eigenvalue weighted by atomic mass is 10.1. The second-order valence-electron chi connectivity index (χ2n) is 6.99. The van der Waals surface area contributed by atoms with Crippen molar-refractivity contribution in [2.45, 2.75) is 24.8 Å². The van der Waals surface area contributed by atoms with Gasteiger partial charge >= 0.3 is 6.18 Å². The number of anilines is 1. The molecule has 0 radical (unpaired) electrons. The molecule has 1 aliphatic heterocycles. The fourth-order valence-corrected chi connectivity index (χ4v) is 5.51. The highest BCUT2D eigenvalue weighted by molar-refractivity contribution is 8.15. The number of aliphatic imine (C=N–C) groups is 1. The first kappa shape index (κ1) is 23.5. The molecule has 1 unspecified atom stereocenters. The minimum Gasteiger partial charge on any atom is -0.325 e. The zero-order valence-corrected chi connectivity index (χ0v) is 19.4. The number of alkyl halides is 3. The van der Waals surface area contributed by atoms with Gasteiger partial charge in [-0.3, -0.25) is 14.5 Å². The number of benzene rings is 2. The molecule has 1 aliphatic rings. The number of rotatable bonds is 5. The van der Waals surface area contributed by atoms with Crippen molar-refractivity contribution < 1.29 is 22.8 Å². The maximum absolute atomic E-state index is 13.3. The second-order valence-corrected chi connectivity index (χ2v) is 9.60. The first-order chi connectivity index (χ1) is 15.7. The van der Waals surface area contributed by atoms with Crippen molar-refractivity contribution in [2.75, 3.05) is 11.9 Å². The number of nitrogens with zero attached hydrogens (tertiary/aromatic N) is 3. The largest absolute Gasteiger partial charge is 0.418 e. The third-order valence-corrected chi connectivity index (χ3v) is 7.08. The molecule has 6 nitrogen and oxygen atoms in total. The zero-order chi connectivity index (χ0) is 23.8. The standard InChI is InChI=1S/C21H16ClF3N4O2S2/c1-2-29-18(31)16(33-20(29)28-19-27-14-5-3-4-6-15(14)32-19)10-17(30)26-13-8-7-11(22)9-12(13)21(23,24)25/h3-9,16H,2,10H2,1H3,(H,26,30). The van der Waals surface area contributed by atoms with Gasteiger partial charge in [-0.05, 0) is 37.3 Å². The fraction of sp³-hybridized carbons (Fsp3) is 0.238. The lowest BCUT2D eigenvalue weighted by Gasteiger charge is -2.15. The van der Waals surface area contributed by atoms with Gasteiger partial charge in [0.25, 0.3) is 0 Å². The molecule has 1 fully saturated rings. The molecule has 0 bridgehead atoms. The number of fused-ring (bicyclic) bond motifs is 1. The van der Waals surface area contributed by atoms with Gasteiger partial charge in [0.1, 0.15) is 5.25 Å². The van der Waals surface area contributed by atoms with E-state index in [-0.39, 0.29) is 17.4 Å². The van der Waals surface area contributed by atoms with Crippen molar-refractivity contribution in [1.82, 2.24) is 9.88 Å². The SMILES string of the molecule is CCN1C(=O)C(CC(=O)Nc2ccc(Cl)cc2C(F)(F)F)SC1=Nc1nc2ccccc2s1. The molecule has 0 saturated carbocycles. The number of carbonyl (C=O) groups excluding carboxylic acids is 2. The van der Waals surface area contributed by atoms with Crippen molar-refractivity contribution >= 4 is 72.7 Å². The van der Waals surface area contributed by atoms with Gasteiger partial charge in [-0.2, -0.15) is 18.2 Å². The molecule has 2 amide bonds. The topological polar surface area (TPSA) is 74.7 Å². The molecule has 172 valence electrons. The van der Waals surface area contributed by atoms with E-state index >= 15 is 0 Å². The maximum atomic E-state index is 13.3. The maximum Gasteiger partial charge on any atom is 0.418 e. The molecule has 4 rings (SSSR count). The molecule has 3 aromatic rings. The number of hydrogen-bond donors (Lipinski definition) is 1. The van der Waals surface area contributed by atoms with Crippen LogP contribution in [-0.2, 0) is 15.8 Å². The molecule has 1 saturated heterocycles. The van der Waals surface area contributed by atoms with E-state index in [0.29, 0.717) is 16.8 Å². The summed E-state index contributed by atoms with van der Waals surface area (Å²) in [5, 5.41) is 2.23. The molecule has 2 aromatic carbocycles. The van der Waals surface area contributed by atoms with Crippen LogP contribution in [0, 0.1) is 0 Å². The van der Waals surface area contributed by atoms with E-state index in [4.69, 9.17) is 11.6 Å². The molecular formula is C21H16ClF3N4O2S2. The molecule has 1 aromatic heterocycles. The predicted molar refractivity (Wildman–Crippen MR) is 125 cm³/mol.